The Morgan fingerprint density at radius 3 is 2.45 bits per heavy atom. The van der Waals surface area contributed by atoms with Gasteiger partial charge >= 0.3 is 0 Å². The van der Waals surface area contributed by atoms with Crippen LogP contribution in [-0.4, -0.2) is 49.2 Å². The van der Waals surface area contributed by atoms with Gasteiger partial charge in [0.1, 0.15) is 5.82 Å². The van der Waals surface area contributed by atoms with Gasteiger partial charge in [0.25, 0.3) is 5.91 Å². The number of hydrogen-bond acceptors (Lipinski definition) is 6. The van der Waals surface area contributed by atoms with Gasteiger partial charge < -0.3 is 14.4 Å². The number of aromatic nitrogens is 2. The van der Waals surface area contributed by atoms with Gasteiger partial charge in [-0.05, 0) is 56.5 Å². The number of hydrazone groups is 1. The Morgan fingerprint density at radius 2 is 1.76 bits per heavy atom. The Balaban J connectivity index is 1.61. The van der Waals surface area contributed by atoms with Crippen molar-refractivity contribution in [2.24, 2.45) is 5.10 Å². The number of methoxy groups -OCH3 is 2. The van der Waals surface area contributed by atoms with E-state index in [-0.39, 0.29) is 5.91 Å². The fraction of sp³-hybridized carbons (Fsp3) is 0.320. The van der Waals surface area contributed by atoms with E-state index in [9.17, 15) is 4.79 Å². The number of para-hydroxylation sites is 1. The van der Waals surface area contributed by atoms with Gasteiger partial charge in [-0.15, -0.1) is 0 Å². The molecule has 0 bridgehead atoms. The maximum atomic E-state index is 12.6. The highest BCUT2D eigenvalue weighted by molar-refractivity contribution is 5.96. The van der Waals surface area contributed by atoms with E-state index < -0.39 is 0 Å². The average Bonchev–Trinajstić information content (AvgIpc) is 3.20. The molecule has 8 nitrogen and oxygen atoms in total. The summed E-state index contributed by atoms with van der Waals surface area (Å²) in [5.41, 5.74) is 5.79. The van der Waals surface area contributed by atoms with Gasteiger partial charge in [0.15, 0.2) is 11.5 Å². The molecule has 172 valence electrons. The summed E-state index contributed by atoms with van der Waals surface area (Å²) in [6.45, 7) is 3.90. The normalized spacial score (nSPS) is 13.8. The van der Waals surface area contributed by atoms with Crippen molar-refractivity contribution in [2.45, 2.75) is 26.2 Å². The Hall–Kier alpha value is -3.81. The number of hydrogen-bond donors (Lipinski definition) is 1. The van der Waals surface area contributed by atoms with E-state index >= 15 is 0 Å². The van der Waals surface area contributed by atoms with E-state index in [0.717, 1.165) is 48.7 Å². The summed E-state index contributed by atoms with van der Waals surface area (Å²) in [6.07, 6.45) is 5.21. The van der Waals surface area contributed by atoms with Crippen molar-refractivity contribution in [3.05, 3.63) is 65.4 Å². The third-order valence-electron chi connectivity index (χ3n) is 5.74. The van der Waals surface area contributed by atoms with Gasteiger partial charge in [0.2, 0.25) is 0 Å². The van der Waals surface area contributed by atoms with Crippen LogP contribution in [0.15, 0.2) is 53.6 Å². The lowest BCUT2D eigenvalue weighted by molar-refractivity contribution is 0.0954. The molecule has 1 aliphatic heterocycles. The van der Waals surface area contributed by atoms with Gasteiger partial charge in [-0.25, -0.2) is 10.1 Å². The van der Waals surface area contributed by atoms with Crippen LogP contribution >= 0.6 is 0 Å². The Morgan fingerprint density at radius 1 is 1.03 bits per heavy atom. The number of aryl methyl sites for hydroxylation is 1. The van der Waals surface area contributed by atoms with Crippen molar-refractivity contribution in [2.75, 3.05) is 32.2 Å². The number of carbonyl (C=O) groups excluding carboxylic acids is 1. The van der Waals surface area contributed by atoms with E-state index in [4.69, 9.17) is 14.6 Å². The molecule has 2 heterocycles. The lowest BCUT2D eigenvalue weighted by Gasteiger charge is -2.29. The molecule has 0 saturated carbocycles. The Kier molecular flexibility index (Phi) is 6.92. The maximum absolute atomic E-state index is 12.6. The minimum atomic E-state index is -0.333. The van der Waals surface area contributed by atoms with Crippen LogP contribution in [0.5, 0.6) is 11.5 Å². The number of amides is 1. The van der Waals surface area contributed by atoms with Crippen molar-refractivity contribution in [1.82, 2.24) is 15.2 Å². The predicted octanol–water partition coefficient (Wildman–Crippen LogP) is 3.95. The smallest absolute Gasteiger partial charge is 0.271 e. The second kappa shape index (κ2) is 10.2. The van der Waals surface area contributed by atoms with E-state index in [2.05, 4.69) is 15.4 Å². The first kappa shape index (κ1) is 22.4. The number of anilines is 1. The molecule has 0 spiro atoms. The molecule has 0 radical (unpaired) electrons. The zero-order chi connectivity index (χ0) is 23.2. The van der Waals surface area contributed by atoms with Gasteiger partial charge in [0.05, 0.1) is 37.4 Å². The molecule has 1 saturated heterocycles. The summed E-state index contributed by atoms with van der Waals surface area (Å²) in [5, 5.41) is 9.06. The number of nitrogens with one attached hydrogen (secondary N) is 1. The monoisotopic (exact) mass is 447 g/mol. The van der Waals surface area contributed by atoms with Crippen LogP contribution in [0.4, 0.5) is 5.82 Å². The first-order valence-corrected chi connectivity index (χ1v) is 11.1. The number of rotatable bonds is 7. The van der Waals surface area contributed by atoms with Crippen molar-refractivity contribution < 1.29 is 14.3 Å². The van der Waals surface area contributed by atoms with E-state index in [1.165, 1.54) is 13.5 Å². The van der Waals surface area contributed by atoms with Crippen molar-refractivity contribution in [1.29, 1.82) is 0 Å². The SMILES string of the molecule is COc1ccc(C(=O)NN=Cc2c(C)nn(-c3ccccc3)c2N2CCCCC2)cc1OC. The van der Waals surface area contributed by atoms with Crippen LogP contribution in [0.25, 0.3) is 5.69 Å². The molecule has 1 N–H and O–H groups in total. The van der Waals surface area contributed by atoms with Crippen molar-refractivity contribution in [3.8, 4) is 17.2 Å². The fourth-order valence-corrected chi connectivity index (χ4v) is 4.03. The van der Waals surface area contributed by atoms with E-state index in [1.807, 2.05) is 41.9 Å². The predicted molar refractivity (Wildman–Crippen MR) is 129 cm³/mol. The molecule has 0 aliphatic carbocycles. The number of ether oxygens (including phenoxy) is 2. The lowest BCUT2D eigenvalue weighted by atomic mass is 10.1. The van der Waals surface area contributed by atoms with Crippen molar-refractivity contribution >= 4 is 17.9 Å². The van der Waals surface area contributed by atoms with Crippen LogP contribution in [0, 0.1) is 6.92 Å². The third kappa shape index (κ3) is 4.84. The highest BCUT2D eigenvalue weighted by Crippen LogP contribution is 2.29. The molecule has 1 amide bonds. The molecule has 1 aromatic heterocycles. The zero-order valence-electron chi connectivity index (χ0n) is 19.2. The molecule has 8 heteroatoms. The Labute approximate surface area is 193 Å². The average molecular weight is 448 g/mol. The van der Waals surface area contributed by atoms with Gasteiger partial charge in [-0.3, -0.25) is 4.79 Å². The number of benzene rings is 2. The van der Waals surface area contributed by atoms with Gasteiger partial charge in [0, 0.05) is 18.7 Å². The summed E-state index contributed by atoms with van der Waals surface area (Å²) < 4.78 is 12.5. The molecule has 3 aromatic rings. The van der Waals surface area contributed by atoms with Crippen LogP contribution in [0.3, 0.4) is 0 Å². The van der Waals surface area contributed by atoms with Crippen LogP contribution < -0.4 is 19.8 Å². The van der Waals surface area contributed by atoms with Crippen LogP contribution in [-0.2, 0) is 0 Å². The summed E-state index contributed by atoms with van der Waals surface area (Å²) >= 11 is 0. The fourth-order valence-electron chi connectivity index (χ4n) is 4.03. The largest absolute Gasteiger partial charge is 0.493 e. The lowest BCUT2D eigenvalue weighted by Crippen LogP contribution is -2.32. The molecule has 4 rings (SSSR count). The zero-order valence-corrected chi connectivity index (χ0v) is 19.2. The molecule has 33 heavy (non-hydrogen) atoms. The summed E-state index contributed by atoms with van der Waals surface area (Å²) in [6, 6.07) is 15.1. The molecular formula is C25H29N5O3. The Bertz CT molecular complexity index is 1130. The summed E-state index contributed by atoms with van der Waals surface area (Å²) in [7, 11) is 3.09. The second-order valence-electron chi connectivity index (χ2n) is 7.89. The van der Waals surface area contributed by atoms with E-state index in [0.29, 0.717) is 17.1 Å². The quantitative estimate of drug-likeness (QED) is 0.438. The maximum Gasteiger partial charge on any atom is 0.271 e. The molecule has 1 fully saturated rings. The van der Waals surface area contributed by atoms with Crippen LogP contribution in [0.2, 0.25) is 0 Å². The van der Waals surface area contributed by atoms with Gasteiger partial charge in [-0.2, -0.15) is 10.2 Å². The molecular weight excluding hydrogens is 418 g/mol. The third-order valence-corrected chi connectivity index (χ3v) is 5.74. The molecule has 1 aliphatic rings. The molecule has 0 unspecified atom stereocenters. The number of piperidine rings is 1. The summed E-state index contributed by atoms with van der Waals surface area (Å²) in [4.78, 5) is 15.0. The second-order valence-corrected chi connectivity index (χ2v) is 7.89. The van der Waals surface area contributed by atoms with Gasteiger partial charge in [-0.1, -0.05) is 18.2 Å². The van der Waals surface area contributed by atoms with E-state index in [1.54, 1.807) is 31.5 Å². The standard InChI is InChI=1S/C25H29N5O3/c1-18-21(17-26-27-24(31)19-12-13-22(32-2)23(16-19)33-3)25(29-14-8-5-9-15-29)30(28-18)20-10-6-4-7-11-20/h4,6-7,10-13,16-17H,5,8-9,14-15H2,1-3H3,(H,27,31). The van der Waals surface area contributed by atoms with Crippen molar-refractivity contribution in [3.63, 3.8) is 0 Å². The first-order valence-electron chi connectivity index (χ1n) is 11.1. The molecule has 2 aromatic carbocycles. The highest BCUT2D eigenvalue weighted by Gasteiger charge is 2.22. The highest BCUT2D eigenvalue weighted by atomic mass is 16.5. The number of carbonyl (C=O) groups is 1. The minimum Gasteiger partial charge on any atom is -0.493 e. The first-order chi connectivity index (χ1) is 16.1. The topological polar surface area (TPSA) is 81.0 Å². The minimum absolute atomic E-state index is 0.333. The number of nitrogens with zero attached hydrogens (tertiary/aromatic N) is 4. The van der Waals surface area contributed by atoms with Crippen LogP contribution in [0.1, 0.15) is 40.9 Å². The summed E-state index contributed by atoms with van der Waals surface area (Å²) in [5.74, 6) is 1.72. The molecule has 0 atom stereocenters.